The Labute approximate surface area is 112 Å². The molecule has 3 rings (SSSR count). The molecule has 1 unspecified atom stereocenters. The largest absolute Gasteiger partial charge is 0.381 e. The lowest BCUT2D eigenvalue weighted by Crippen LogP contribution is -2.43. The maximum Gasteiger partial charge on any atom is 0.170 e. The molecule has 0 saturated carbocycles. The Kier molecular flexibility index (Phi) is 2.98. The van der Waals surface area contributed by atoms with Crippen molar-refractivity contribution in [3.63, 3.8) is 0 Å². The lowest BCUT2D eigenvalue weighted by molar-refractivity contribution is 0.0539. The van der Waals surface area contributed by atoms with Gasteiger partial charge in [0.15, 0.2) is 11.6 Å². The van der Waals surface area contributed by atoms with Crippen LogP contribution in [0.1, 0.15) is 19.8 Å². The number of nitrogens with zero attached hydrogens (tertiary/aromatic N) is 2. The summed E-state index contributed by atoms with van der Waals surface area (Å²) in [7, 11) is 0. The van der Waals surface area contributed by atoms with Gasteiger partial charge in [-0.05, 0) is 31.9 Å². The molecule has 1 aliphatic rings. The van der Waals surface area contributed by atoms with Crippen molar-refractivity contribution < 1.29 is 4.74 Å². The maximum atomic E-state index is 5.99. The van der Waals surface area contributed by atoms with Crippen LogP contribution in [-0.2, 0) is 4.74 Å². The van der Waals surface area contributed by atoms with Crippen LogP contribution in [0.5, 0.6) is 0 Å². The molecular formula is C14H18N4O. The number of rotatable bonds is 2. The van der Waals surface area contributed by atoms with Gasteiger partial charge >= 0.3 is 0 Å². The van der Waals surface area contributed by atoms with Crippen molar-refractivity contribution in [1.82, 2.24) is 9.97 Å². The van der Waals surface area contributed by atoms with E-state index < -0.39 is 0 Å². The number of nitrogen functional groups attached to an aromatic ring is 1. The second-order valence-electron chi connectivity index (χ2n) is 5.29. The number of para-hydroxylation sites is 2. The number of benzene rings is 1. The molecule has 2 heterocycles. The van der Waals surface area contributed by atoms with Crippen molar-refractivity contribution in [2.45, 2.75) is 25.3 Å². The molecule has 1 aliphatic heterocycles. The number of hydrogen-bond donors (Lipinski definition) is 2. The third kappa shape index (κ3) is 2.46. The van der Waals surface area contributed by atoms with Crippen LogP contribution in [0.4, 0.5) is 11.6 Å². The lowest BCUT2D eigenvalue weighted by atomic mass is 9.95. The fourth-order valence-electron chi connectivity index (χ4n) is 2.42. The van der Waals surface area contributed by atoms with Crippen LogP contribution in [0.15, 0.2) is 24.3 Å². The normalized spacial score (nSPS) is 23.4. The van der Waals surface area contributed by atoms with E-state index in [0.29, 0.717) is 18.2 Å². The van der Waals surface area contributed by atoms with Gasteiger partial charge < -0.3 is 15.8 Å². The molecular weight excluding hydrogens is 240 g/mol. The first-order chi connectivity index (χ1) is 9.16. The summed E-state index contributed by atoms with van der Waals surface area (Å²) in [6.07, 6.45) is 2.09. The summed E-state index contributed by atoms with van der Waals surface area (Å²) in [5.74, 6) is 1.08. The Hall–Kier alpha value is -1.88. The summed E-state index contributed by atoms with van der Waals surface area (Å²) in [4.78, 5) is 8.94. The van der Waals surface area contributed by atoms with Gasteiger partial charge in [-0.25, -0.2) is 9.97 Å². The maximum absolute atomic E-state index is 5.99. The monoisotopic (exact) mass is 258 g/mol. The van der Waals surface area contributed by atoms with E-state index in [4.69, 9.17) is 10.5 Å². The zero-order chi connectivity index (χ0) is 13.3. The average molecular weight is 258 g/mol. The lowest BCUT2D eigenvalue weighted by Gasteiger charge is -2.34. The van der Waals surface area contributed by atoms with Crippen LogP contribution in [-0.4, -0.2) is 28.7 Å². The molecule has 1 aromatic carbocycles. The number of nitrogens with one attached hydrogen (secondary N) is 1. The van der Waals surface area contributed by atoms with Gasteiger partial charge in [0, 0.05) is 6.61 Å². The van der Waals surface area contributed by atoms with Crippen molar-refractivity contribution in [3.05, 3.63) is 24.3 Å². The van der Waals surface area contributed by atoms with E-state index in [9.17, 15) is 0 Å². The molecule has 5 nitrogen and oxygen atoms in total. The van der Waals surface area contributed by atoms with E-state index in [2.05, 4.69) is 22.2 Å². The Balaban J connectivity index is 1.93. The molecule has 1 saturated heterocycles. The molecule has 19 heavy (non-hydrogen) atoms. The van der Waals surface area contributed by atoms with Crippen LogP contribution in [0.2, 0.25) is 0 Å². The van der Waals surface area contributed by atoms with E-state index in [1.165, 1.54) is 0 Å². The fourth-order valence-corrected chi connectivity index (χ4v) is 2.42. The van der Waals surface area contributed by atoms with Gasteiger partial charge in [-0.3, -0.25) is 0 Å². The Morgan fingerprint density at radius 3 is 2.68 bits per heavy atom. The van der Waals surface area contributed by atoms with Gasteiger partial charge in [-0.2, -0.15) is 0 Å². The molecule has 0 radical (unpaired) electrons. The number of anilines is 2. The van der Waals surface area contributed by atoms with Gasteiger partial charge in [0.25, 0.3) is 0 Å². The molecule has 0 amide bonds. The van der Waals surface area contributed by atoms with Gasteiger partial charge in [0.2, 0.25) is 0 Å². The summed E-state index contributed by atoms with van der Waals surface area (Å²) in [5.41, 5.74) is 7.53. The SMILES string of the molecule is CC1(Nc2nc3ccccc3nc2N)CCCOC1. The van der Waals surface area contributed by atoms with Crippen molar-refractivity contribution in [2.24, 2.45) is 0 Å². The summed E-state index contributed by atoms with van der Waals surface area (Å²) in [5, 5.41) is 3.39. The topological polar surface area (TPSA) is 73.1 Å². The second kappa shape index (κ2) is 4.66. The quantitative estimate of drug-likeness (QED) is 0.863. The third-order valence-corrected chi connectivity index (χ3v) is 3.46. The van der Waals surface area contributed by atoms with E-state index in [1.54, 1.807) is 0 Å². The first-order valence-corrected chi connectivity index (χ1v) is 6.54. The summed E-state index contributed by atoms with van der Waals surface area (Å²) >= 11 is 0. The molecule has 1 aromatic heterocycles. The standard InChI is InChI=1S/C14H18N4O/c1-14(7-4-8-19-9-14)18-13-12(15)16-10-5-2-3-6-11(10)17-13/h2-3,5-6H,4,7-9H2,1H3,(H2,15,16)(H,17,18). The highest BCUT2D eigenvalue weighted by atomic mass is 16.5. The molecule has 5 heteroatoms. The smallest absolute Gasteiger partial charge is 0.170 e. The van der Waals surface area contributed by atoms with Crippen LogP contribution in [0, 0.1) is 0 Å². The van der Waals surface area contributed by atoms with E-state index >= 15 is 0 Å². The van der Waals surface area contributed by atoms with E-state index in [1.807, 2.05) is 24.3 Å². The highest BCUT2D eigenvalue weighted by molar-refractivity contribution is 5.79. The minimum Gasteiger partial charge on any atom is -0.381 e. The van der Waals surface area contributed by atoms with Crippen LogP contribution in [0.25, 0.3) is 11.0 Å². The molecule has 0 aliphatic carbocycles. The van der Waals surface area contributed by atoms with Crippen LogP contribution in [0.3, 0.4) is 0 Å². The molecule has 1 atom stereocenters. The number of hydrogen-bond acceptors (Lipinski definition) is 5. The first-order valence-electron chi connectivity index (χ1n) is 6.54. The second-order valence-corrected chi connectivity index (χ2v) is 5.29. The van der Waals surface area contributed by atoms with Gasteiger partial charge in [-0.1, -0.05) is 12.1 Å². The molecule has 3 N–H and O–H groups in total. The van der Waals surface area contributed by atoms with Crippen LogP contribution >= 0.6 is 0 Å². The summed E-state index contributed by atoms with van der Waals surface area (Å²) in [6.45, 7) is 3.62. The van der Waals surface area contributed by atoms with Gasteiger partial charge in [0.05, 0.1) is 23.2 Å². The zero-order valence-electron chi connectivity index (χ0n) is 11.0. The number of aromatic nitrogens is 2. The van der Waals surface area contributed by atoms with Gasteiger partial charge in [-0.15, -0.1) is 0 Å². The predicted molar refractivity (Wildman–Crippen MR) is 76.0 cm³/mol. The Bertz CT molecular complexity index is 593. The highest BCUT2D eigenvalue weighted by Crippen LogP contribution is 2.26. The highest BCUT2D eigenvalue weighted by Gasteiger charge is 2.28. The number of ether oxygens (including phenoxy) is 1. The van der Waals surface area contributed by atoms with Crippen molar-refractivity contribution in [2.75, 3.05) is 24.3 Å². The van der Waals surface area contributed by atoms with Gasteiger partial charge in [0.1, 0.15) is 0 Å². The molecule has 100 valence electrons. The van der Waals surface area contributed by atoms with Crippen molar-refractivity contribution in [1.29, 1.82) is 0 Å². The Morgan fingerprint density at radius 1 is 1.26 bits per heavy atom. The predicted octanol–water partition coefficient (Wildman–Crippen LogP) is 2.19. The number of fused-ring (bicyclic) bond motifs is 1. The minimum absolute atomic E-state index is 0.122. The Morgan fingerprint density at radius 2 is 2.00 bits per heavy atom. The summed E-state index contributed by atoms with van der Waals surface area (Å²) in [6, 6.07) is 7.73. The van der Waals surface area contributed by atoms with E-state index in [-0.39, 0.29) is 5.54 Å². The third-order valence-electron chi connectivity index (χ3n) is 3.46. The number of nitrogens with two attached hydrogens (primary N) is 1. The molecule has 2 aromatic rings. The van der Waals surface area contributed by atoms with Crippen LogP contribution < -0.4 is 11.1 Å². The molecule has 1 fully saturated rings. The first kappa shape index (κ1) is 12.2. The molecule has 0 spiro atoms. The van der Waals surface area contributed by atoms with Crippen molar-refractivity contribution in [3.8, 4) is 0 Å². The fraction of sp³-hybridized carbons (Fsp3) is 0.429. The van der Waals surface area contributed by atoms with Crippen molar-refractivity contribution >= 4 is 22.7 Å². The average Bonchev–Trinajstić information content (AvgIpc) is 2.40. The summed E-state index contributed by atoms with van der Waals surface area (Å²) < 4.78 is 5.53. The van der Waals surface area contributed by atoms with E-state index in [0.717, 1.165) is 30.5 Å². The zero-order valence-corrected chi connectivity index (χ0v) is 11.0. The minimum atomic E-state index is -0.122. The molecule has 0 bridgehead atoms.